The van der Waals surface area contributed by atoms with Crippen molar-refractivity contribution in [1.29, 1.82) is 0 Å². The van der Waals surface area contributed by atoms with E-state index in [0.29, 0.717) is 13.0 Å². The van der Waals surface area contributed by atoms with Crippen LogP contribution < -0.4 is 0 Å². The molecule has 2 nitrogen and oxygen atoms in total. The molecule has 148 valence electrons. The van der Waals surface area contributed by atoms with E-state index in [2.05, 4.69) is 80.3 Å². The van der Waals surface area contributed by atoms with E-state index < -0.39 is 0 Å². The number of hydrogen-bond acceptors (Lipinski definition) is 2. The van der Waals surface area contributed by atoms with Crippen molar-refractivity contribution in [2.24, 2.45) is 0 Å². The fourth-order valence-electron chi connectivity index (χ4n) is 2.06. The van der Waals surface area contributed by atoms with Gasteiger partial charge in [-0.1, -0.05) is 92.5 Å². The van der Waals surface area contributed by atoms with E-state index in [-0.39, 0.29) is 5.97 Å². The van der Waals surface area contributed by atoms with Crippen LogP contribution in [0, 0.1) is 0 Å². The van der Waals surface area contributed by atoms with Gasteiger partial charge >= 0.3 is 5.97 Å². The molecule has 2 heteroatoms. The van der Waals surface area contributed by atoms with Gasteiger partial charge in [-0.2, -0.15) is 0 Å². The zero-order valence-corrected chi connectivity index (χ0v) is 16.9. The lowest BCUT2D eigenvalue weighted by Crippen LogP contribution is -2.02. The maximum Gasteiger partial charge on any atom is 0.306 e. The Morgan fingerprint density at radius 3 is 1.52 bits per heavy atom. The van der Waals surface area contributed by atoms with Gasteiger partial charge in [0.25, 0.3) is 0 Å². The quantitative estimate of drug-likeness (QED) is 0.213. The predicted octanol–water partition coefficient (Wildman–Crippen LogP) is 7.19. The molecule has 0 fully saturated rings. The first-order valence-electron chi connectivity index (χ1n) is 9.97. The molecule has 0 aliphatic heterocycles. The summed E-state index contributed by atoms with van der Waals surface area (Å²) in [5.74, 6) is -0.172. The normalized spacial score (nSPS) is 12.6. The van der Waals surface area contributed by atoms with Gasteiger partial charge in [-0.25, -0.2) is 0 Å². The minimum atomic E-state index is -0.172. The second-order valence-corrected chi connectivity index (χ2v) is 5.93. The Morgan fingerprint density at radius 2 is 1.11 bits per heavy atom. The van der Waals surface area contributed by atoms with Crippen LogP contribution in [0.5, 0.6) is 0 Å². The van der Waals surface area contributed by atoms with E-state index in [0.717, 1.165) is 44.9 Å². The van der Waals surface area contributed by atoms with Crippen LogP contribution in [0.1, 0.15) is 58.3 Å². The smallest absolute Gasteiger partial charge is 0.306 e. The van der Waals surface area contributed by atoms with E-state index in [1.807, 2.05) is 6.08 Å². The van der Waals surface area contributed by atoms with Crippen LogP contribution >= 0.6 is 0 Å². The SMILES string of the molecule is C=CCOC(=O)CCC=CCC=CCC=CCC=CCC=CCC=CCC. The summed E-state index contributed by atoms with van der Waals surface area (Å²) in [6.45, 7) is 5.95. The lowest BCUT2D eigenvalue weighted by molar-refractivity contribution is -0.142. The van der Waals surface area contributed by atoms with Crippen molar-refractivity contribution in [2.45, 2.75) is 58.3 Å². The van der Waals surface area contributed by atoms with Crippen LogP contribution in [0.25, 0.3) is 0 Å². The first kappa shape index (κ1) is 24.7. The summed E-state index contributed by atoms with van der Waals surface area (Å²) in [4.78, 5) is 11.2. The molecule has 0 radical (unpaired) electrons. The first-order valence-corrected chi connectivity index (χ1v) is 9.97. The van der Waals surface area contributed by atoms with Crippen LogP contribution in [0.2, 0.25) is 0 Å². The van der Waals surface area contributed by atoms with Crippen LogP contribution in [0.15, 0.2) is 85.6 Å². The molecule has 0 atom stereocenters. The Balaban J connectivity index is 3.55. The predicted molar refractivity (Wildman–Crippen MR) is 119 cm³/mol. The van der Waals surface area contributed by atoms with E-state index in [4.69, 9.17) is 4.74 Å². The molecule has 0 aromatic heterocycles. The van der Waals surface area contributed by atoms with E-state index in [1.54, 1.807) is 6.08 Å². The average Bonchev–Trinajstić information content (AvgIpc) is 2.68. The third-order valence-corrected chi connectivity index (χ3v) is 3.47. The highest BCUT2D eigenvalue weighted by Crippen LogP contribution is 1.98. The van der Waals surface area contributed by atoms with Gasteiger partial charge in [0.2, 0.25) is 0 Å². The lowest BCUT2D eigenvalue weighted by atomic mass is 10.2. The van der Waals surface area contributed by atoms with Crippen molar-refractivity contribution in [1.82, 2.24) is 0 Å². The zero-order valence-electron chi connectivity index (χ0n) is 16.9. The average molecular weight is 369 g/mol. The Kier molecular flexibility index (Phi) is 19.8. The molecule has 0 aliphatic rings. The number of carbonyl (C=O) groups excluding carboxylic acids is 1. The van der Waals surface area contributed by atoms with Crippen molar-refractivity contribution in [3.05, 3.63) is 85.6 Å². The van der Waals surface area contributed by atoms with Crippen LogP contribution in [-0.2, 0) is 9.53 Å². The van der Waals surface area contributed by atoms with Crippen molar-refractivity contribution in [2.75, 3.05) is 6.61 Å². The summed E-state index contributed by atoms with van der Waals surface area (Å²) in [7, 11) is 0. The summed E-state index contributed by atoms with van der Waals surface area (Å²) >= 11 is 0. The third-order valence-electron chi connectivity index (χ3n) is 3.47. The Hall–Kier alpha value is -2.35. The molecule has 0 spiro atoms. The van der Waals surface area contributed by atoms with Crippen molar-refractivity contribution < 1.29 is 9.53 Å². The molecule has 0 aliphatic carbocycles. The molecule has 0 unspecified atom stereocenters. The number of allylic oxidation sites excluding steroid dienone is 12. The third kappa shape index (κ3) is 21.6. The number of esters is 1. The second kappa shape index (κ2) is 21.7. The summed E-state index contributed by atoms with van der Waals surface area (Å²) in [6, 6.07) is 0. The Labute approximate surface area is 166 Å². The van der Waals surface area contributed by atoms with Crippen LogP contribution in [0.4, 0.5) is 0 Å². The van der Waals surface area contributed by atoms with Crippen molar-refractivity contribution in [3.63, 3.8) is 0 Å². The fourth-order valence-corrected chi connectivity index (χ4v) is 2.06. The van der Waals surface area contributed by atoms with Crippen LogP contribution in [0.3, 0.4) is 0 Å². The maximum atomic E-state index is 11.2. The standard InChI is InChI=1S/C25H36O2/c1-3-5-6-7-8-9-10-11-12-13-14-15-16-17-18-19-20-21-22-23-25(26)27-24-4-2/h4-6,8-9,11-12,14-15,17-18,20-21H,2-3,7,10,13,16,19,22-24H2,1H3. The van der Waals surface area contributed by atoms with E-state index in [1.165, 1.54) is 0 Å². The Morgan fingerprint density at radius 1 is 0.704 bits per heavy atom. The molecular formula is C25H36O2. The molecule has 0 aromatic carbocycles. The monoisotopic (exact) mass is 368 g/mol. The van der Waals surface area contributed by atoms with Gasteiger partial charge in [-0.05, 0) is 44.9 Å². The van der Waals surface area contributed by atoms with E-state index >= 15 is 0 Å². The molecule has 0 saturated heterocycles. The van der Waals surface area contributed by atoms with Gasteiger partial charge in [0.15, 0.2) is 0 Å². The van der Waals surface area contributed by atoms with Gasteiger partial charge in [-0.15, -0.1) is 0 Å². The number of ether oxygens (including phenoxy) is 1. The molecule has 0 heterocycles. The van der Waals surface area contributed by atoms with Crippen LogP contribution in [-0.4, -0.2) is 12.6 Å². The van der Waals surface area contributed by atoms with Crippen molar-refractivity contribution >= 4 is 5.97 Å². The Bertz CT molecular complexity index is 531. The molecule has 0 rings (SSSR count). The largest absolute Gasteiger partial charge is 0.461 e. The fraction of sp³-hybridized carbons (Fsp3) is 0.400. The van der Waals surface area contributed by atoms with Gasteiger partial charge in [0.05, 0.1) is 0 Å². The highest BCUT2D eigenvalue weighted by Gasteiger charge is 1.97. The molecule has 0 bridgehead atoms. The first-order chi connectivity index (χ1) is 13.3. The molecule has 0 aromatic rings. The molecular weight excluding hydrogens is 332 g/mol. The molecule has 0 amide bonds. The van der Waals surface area contributed by atoms with Gasteiger partial charge in [0.1, 0.15) is 6.61 Å². The van der Waals surface area contributed by atoms with Crippen molar-refractivity contribution in [3.8, 4) is 0 Å². The van der Waals surface area contributed by atoms with Gasteiger partial charge < -0.3 is 4.74 Å². The molecule has 0 saturated carbocycles. The van der Waals surface area contributed by atoms with Gasteiger partial charge in [-0.3, -0.25) is 4.79 Å². The molecule has 0 N–H and O–H groups in total. The summed E-state index contributed by atoms with van der Waals surface area (Å²) in [6.07, 6.45) is 34.7. The lowest BCUT2D eigenvalue weighted by Gasteiger charge is -1.98. The zero-order chi connectivity index (χ0) is 19.8. The second-order valence-electron chi connectivity index (χ2n) is 5.93. The number of rotatable bonds is 16. The van der Waals surface area contributed by atoms with Gasteiger partial charge in [0, 0.05) is 6.42 Å². The number of hydrogen-bond donors (Lipinski definition) is 0. The highest BCUT2D eigenvalue weighted by molar-refractivity contribution is 5.69. The minimum absolute atomic E-state index is 0.172. The summed E-state index contributed by atoms with van der Waals surface area (Å²) in [5, 5.41) is 0. The summed E-state index contributed by atoms with van der Waals surface area (Å²) in [5.41, 5.74) is 0. The summed E-state index contributed by atoms with van der Waals surface area (Å²) < 4.78 is 4.91. The highest BCUT2D eigenvalue weighted by atomic mass is 16.5. The minimum Gasteiger partial charge on any atom is -0.461 e. The maximum absolute atomic E-state index is 11.2. The van der Waals surface area contributed by atoms with E-state index in [9.17, 15) is 4.79 Å². The topological polar surface area (TPSA) is 26.3 Å². The number of carbonyl (C=O) groups is 1. The molecule has 27 heavy (non-hydrogen) atoms.